The fourth-order valence-corrected chi connectivity index (χ4v) is 3.03. The van der Waals surface area contributed by atoms with Crippen LogP contribution in [0.15, 0.2) is 28.8 Å². The molecule has 132 valence electrons. The maximum absolute atomic E-state index is 6.13. The molecule has 5 nitrogen and oxygen atoms in total. The van der Waals surface area contributed by atoms with Crippen molar-refractivity contribution in [2.24, 2.45) is 5.73 Å². The monoisotopic (exact) mass is 351 g/mol. The van der Waals surface area contributed by atoms with E-state index < -0.39 is 0 Å². The molecule has 1 aromatic heterocycles. The summed E-state index contributed by atoms with van der Waals surface area (Å²) in [5.41, 5.74) is 7.63. The highest BCUT2D eigenvalue weighted by atomic mass is 35.5. The standard InChI is InChI=1S/C18H25N3O2.ClH/c1-13(22-16-6-4-2-3-5-7-16)18-20-17(21-23-18)15-10-8-14(12-19)9-11-15;/h8-11,13,16H,2-7,12,19H2,1H3;1H. The summed E-state index contributed by atoms with van der Waals surface area (Å²) in [6.45, 7) is 2.52. The first kappa shape index (κ1) is 18.9. The zero-order chi connectivity index (χ0) is 16.1. The third kappa shape index (κ3) is 4.79. The molecule has 0 amide bonds. The SMILES string of the molecule is CC(OC1CCCCCC1)c1nc(-c2ccc(CN)cc2)no1.Cl. The molecular weight excluding hydrogens is 326 g/mol. The topological polar surface area (TPSA) is 74.2 Å². The van der Waals surface area contributed by atoms with Crippen LogP contribution in [0, 0.1) is 0 Å². The summed E-state index contributed by atoms with van der Waals surface area (Å²) in [5, 5.41) is 4.08. The lowest BCUT2D eigenvalue weighted by molar-refractivity contribution is -0.0259. The van der Waals surface area contributed by atoms with Crippen LogP contribution >= 0.6 is 12.4 Å². The normalized spacial score (nSPS) is 17.1. The van der Waals surface area contributed by atoms with Crippen molar-refractivity contribution in [2.75, 3.05) is 0 Å². The van der Waals surface area contributed by atoms with Crippen LogP contribution in [-0.4, -0.2) is 16.2 Å². The van der Waals surface area contributed by atoms with Gasteiger partial charge in [-0.2, -0.15) is 4.98 Å². The molecule has 0 bridgehead atoms. The van der Waals surface area contributed by atoms with Crippen LogP contribution < -0.4 is 5.73 Å². The average molecular weight is 352 g/mol. The Labute approximate surface area is 149 Å². The van der Waals surface area contributed by atoms with Gasteiger partial charge in [0.05, 0.1) is 6.10 Å². The second kappa shape index (κ2) is 9.16. The summed E-state index contributed by atoms with van der Waals surface area (Å²) >= 11 is 0. The smallest absolute Gasteiger partial charge is 0.255 e. The molecule has 0 saturated heterocycles. The number of benzene rings is 1. The van der Waals surface area contributed by atoms with E-state index in [1.165, 1.54) is 25.7 Å². The van der Waals surface area contributed by atoms with Gasteiger partial charge in [0.15, 0.2) is 0 Å². The number of rotatable bonds is 5. The summed E-state index contributed by atoms with van der Waals surface area (Å²) in [5.74, 6) is 1.15. The van der Waals surface area contributed by atoms with Gasteiger partial charge in [0, 0.05) is 12.1 Å². The van der Waals surface area contributed by atoms with Crippen molar-refractivity contribution < 1.29 is 9.26 Å². The van der Waals surface area contributed by atoms with Gasteiger partial charge in [0.2, 0.25) is 5.82 Å². The van der Waals surface area contributed by atoms with E-state index in [4.69, 9.17) is 15.0 Å². The predicted octanol–water partition coefficient (Wildman–Crippen LogP) is 4.42. The predicted molar refractivity (Wildman–Crippen MR) is 95.9 cm³/mol. The minimum Gasteiger partial charge on any atom is -0.365 e. The van der Waals surface area contributed by atoms with Gasteiger partial charge in [0.25, 0.3) is 5.89 Å². The van der Waals surface area contributed by atoms with Crippen molar-refractivity contribution in [2.45, 2.75) is 64.2 Å². The van der Waals surface area contributed by atoms with Crippen LogP contribution in [0.1, 0.15) is 63.0 Å². The highest BCUT2D eigenvalue weighted by Crippen LogP contribution is 2.26. The molecular formula is C18H26ClN3O2. The van der Waals surface area contributed by atoms with E-state index in [0.29, 0.717) is 24.4 Å². The second-order valence-corrected chi connectivity index (χ2v) is 6.25. The van der Waals surface area contributed by atoms with Crippen LogP contribution in [-0.2, 0) is 11.3 Å². The number of hydrogen-bond donors (Lipinski definition) is 1. The van der Waals surface area contributed by atoms with Crippen molar-refractivity contribution in [3.63, 3.8) is 0 Å². The number of ether oxygens (including phenoxy) is 1. The molecule has 3 rings (SSSR count). The number of nitrogens with two attached hydrogens (primary N) is 1. The van der Waals surface area contributed by atoms with E-state index in [2.05, 4.69) is 10.1 Å². The molecule has 0 aliphatic heterocycles. The molecule has 2 N–H and O–H groups in total. The zero-order valence-corrected chi connectivity index (χ0v) is 14.9. The average Bonchev–Trinajstić information content (AvgIpc) is 2.94. The fourth-order valence-electron chi connectivity index (χ4n) is 3.03. The quantitative estimate of drug-likeness (QED) is 0.807. The van der Waals surface area contributed by atoms with Gasteiger partial charge < -0.3 is 15.0 Å². The molecule has 1 aromatic carbocycles. The van der Waals surface area contributed by atoms with E-state index >= 15 is 0 Å². The molecule has 6 heteroatoms. The van der Waals surface area contributed by atoms with Crippen LogP contribution in [0.5, 0.6) is 0 Å². The van der Waals surface area contributed by atoms with E-state index in [1.807, 2.05) is 31.2 Å². The third-order valence-corrected chi connectivity index (χ3v) is 4.44. The first-order chi connectivity index (χ1) is 11.3. The molecule has 2 aromatic rings. The summed E-state index contributed by atoms with van der Waals surface area (Å²) in [4.78, 5) is 4.49. The first-order valence-corrected chi connectivity index (χ1v) is 8.54. The van der Waals surface area contributed by atoms with Crippen molar-refractivity contribution in [1.82, 2.24) is 10.1 Å². The number of halogens is 1. The Morgan fingerprint density at radius 3 is 2.46 bits per heavy atom. The Morgan fingerprint density at radius 1 is 1.17 bits per heavy atom. The number of aromatic nitrogens is 2. The molecule has 1 fully saturated rings. The molecule has 1 aliphatic carbocycles. The zero-order valence-electron chi connectivity index (χ0n) is 14.1. The molecule has 1 aliphatic rings. The largest absolute Gasteiger partial charge is 0.365 e. The fraction of sp³-hybridized carbons (Fsp3) is 0.556. The van der Waals surface area contributed by atoms with E-state index in [9.17, 15) is 0 Å². The number of hydrogen-bond acceptors (Lipinski definition) is 5. The summed E-state index contributed by atoms with van der Waals surface area (Å²) in [6, 6.07) is 7.90. The Bertz CT molecular complexity index is 607. The Kier molecular flexibility index (Phi) is 7.21. The lowest BCUT2D eigenvalue weighted by Crippen LogP contribution is -2.14. The summed E-state index contributed by atoms with van der Waals surface area (Å²) in [7, 11) is 0. The molecule has 1 saturated carbocycles. The molecule has 24 heavy (non-hydrogen) atoms. The van der Waals surface area contributed by atoms with Crippen molar-refractivity contribution in [3.8, 4) is 11.4 Å². The van der Waals surface area contributed by atoms with Gasteiger partial charge in [0.1, 0.15) is 6.10 Å². The number of nitrogens with zero attached hydrogens (tertiary/aromatic N) is 2. The maximum atomic E-state index is 6.13. The van der Waals surface area contributed by atoms with Gasteiger partial charge in [-0.1, -0.05) is 55.1 Å². The molecule has 0 radical (unpaired) electrons. The highest BCUT2D eigenvalue weighted by molar-refractivity contribution is 5.85. The van der Waals surface area contributed by atoms with Crippen molar-refractivity contribution in [3.05, 3.63) is 35.7 Å². The highest BCUT2D eigenvalue weighted by Gasteiger charge is 2.21. The molecule has 1 heterocycles. The van der Waals surface area contributed by atoms with E-state index in [-0.39, 0.29) is 18.5 Å². The van der Waals surface area contributed by atoms with Crippen LogP contribution in [0.2, 0.25) is 0 Å². The van der Waals surface area contributed by atoms with Gasteiger partial charge >= 0.3 is 0 Å². The van der Waals surface area contributed by atoms with Gasteiger partial charge in [-0.25, -0.2) is 0 Å². The Hall–Kier alpha value is -1.43. The van der Waals surface area contributed by atoms with Crippen LogP contribution in [0.25, 0.3) is 11.4 Å². The van der Waals surface area contributed by atoms with Gasteiger partial charge in [-0.3, -0.25) is 0 Å². The third-order valence-electron chi connectivity index (χ3n) is 4.44. The second-order valence-electron chi connectivity index (χ2n) is 6.25. The van der Waals surface area contributed by atoms with Gasteiger partial charge in [-0.15, -0.1) is 12.4 Å². The minimum absolute atomic E-state index is 0. The Morgan fingerprint density at radius 2 is 1.83 bits per heavy atom. The van der Waals surface area contributed by atoms with Gasteiger partial charge in [-0.05, 0) is 25.3 Å². The van der Waals surface area contributed by atoms with Crippen LogP contribution in [0.3, 0.4) is 0 Å². The molecule has 1 atom stereocenters. The molecule has 1 unspecified atom stereocenters. The van der Waals surface area contributed by atoms with Crippen LogP contribution in [0.4, 0.5) is 0 Å². The first-order valence-electron chi connectivity index (χ1n) is 8.54. The van der Waals surface area contributed by atoms with E-state index in [0.717, 1.165) is 24.0 Å². The summed E-state index contributed by atoms with van der Waals surface area (Å²) < 4.78 is 11.5. The minimum atomic E-state index is -0.164. The lowest BCUT2D eigenvalue weighted by atomic mass is 10.1. The van der Waals surface area contributed by atoms with Crippen molar-refractivity contribution in [1.29, 1.82) is 0 Å². The molecule has 0 spiro atoms. The maximum Gasteiger partial charge on any atom is 0.255 e. The lowest BCUT2D eigenvalue weighted by Gasteiger charge is -2.18. The Balaban J connectivity index is 0.00000208. The summed E-state index contributed by atoms with van der Waals surface area (Å²) in [6.07, 6.45) is 7.54. The van der Waals surface area contributed by atoms with E-state index in [1.54, 1.807) is 0 Å². The van der Waals surface area contributed by atoms with Crippen molar-refractivity contribution >= 4 is 12.4 Å².